The Morgan fingerprint density at radius 3 is 1.91 bits per heavy atom. The molecule has 0 fully saturated rings. The van der Waals surface area contributed by atoms with Crippen LogP contribution < -0.4 is 4.90 Å². The number of aromatic nitrogens is 1. The lowest BCUT2D eigenvalue weighted by Crippen LogP contribution is -2.10. The third kappa shape index (κ3) is 5.52. The minimum absolute atomic E-state index is 0.907. The topological polar surface area (TPSA) is 21.3 Å². The fourth-order valence-electron chi connectivity index (χ4n) is 8.35. The molecule has 262 valence electrons. The van der Waals surface area contributed by atoms with Gasteiger partial charge in [0.25, 0.3) is 0 Å². The van der Waals surface area contributed by atoms with Gasteiger partial charge in [0, 0.05) is 49.6 Å². The number of nitrogens with zero attached hydrogens (tertiary/aromatic N) is 2. The molecule has 2 aromatic heterocycles. The first kappa shape index (κ1) is 32.5. The maximum Gasteiger partial charge on any atom is 0.143 e. The lowest BCUT2D eigenvalue weighted by atomic mass is 10.0. The van der Waals surface area contributed by atoms with E-state index in [1.807, 2.05) is 19.1 Å². The first-order chi connectivity index (χ1) is 27.0. The van der Waals surface area contributed by atoms with Crippen molar-refractivity contribution in [3.63, 3.8) is 0 Å². The predicted molar refractivity (Wildman–Crippen MR) is 235 cm³/mol. The zero-order valence-electron chi connectivity index (χ0n) is 30.8. The molecule has 0 radical (unpaired) electrons. The van der Waals surface area contributed by atoms with E-state index >= 15 is 0 Å². The van der Waals surface area contributed by atoms with E-state index in [2.05, 4.69) is 193 Å². The highest BCUT2D eigenvalue weighted by molar-refractivity contribution is 6.12. The summed E-state index contributed by atoms with van der Waals surface area (Å²) in [5.74, 6) is 0. The van der Waals surface area contributed by atoms with E-state index in [0.717, 1.165) is 61.4 Å². The zero-order valence-corrected chi connectivity index (χ0v) is 30.8. The van der Waals surface area contributed by atoms with Crippen molar-refractivity contribution < 1.29 is 4.42 Å². The van der Waals surface area contributed by atoms with Crippen LogP contribution in [-0.4, -0.2) is 4.57 Å². The molecule has 0 saturated heterocycles. The Hall–Kier alpha value is -7.10. The van der Waals surface area contributed by atoms with Crippen LogP contribution in [0.2, 0.25) is 0 Å². The molecule has 0 unspecified atom stereocenters. The van der Waals surface area contributed by atoms with E-state index in [4.69, 9.17) is 4.42 Å². The standard InChI is InChI=1S/C52H38N2O/c1-34(2)32-35(3)53-49-19-8-6-15-44(49)47-33-39(26-31-50(47)53)36-22-27-40(28-23-36)54(48-20-10-13-37-12-4-5-14-42(37)48)41-29-24-38(25-30-41)43-17-11-18-46-45-16-7-9-21-51(45)55-52(43)46/h4-33H,1H2,2-3H3/b35-32+. The molecule has 2 heterocycles. The summed E-state index contributed by atoms with van der Waals surface area (Å²) in [5.41, 5.74) is 14.3. The van der Waals surface area contributed by atoms with Crippen LogP contribution in [0, 0.1) is 0 Å². The van der Waals surface area contributed by atoms with Gasteiger partial charge in [-0.15, -0.1) is 0 Å². The minimum atomic E-state index is 0.907. The number of benzene rings is 8. The normalized spacial score (nSPS) is 12.0. The Kier molecular flexibility index (Phi) is 7.74. The van der Waals surface area contributed by atoms with Crippen molar-refractivity contribution in [1.82, 2.24) is 4.57 Å². The summed E-state index contributed by atoms with van der Waals surface area (Å²) in [5, 5.41) is 7.15. The number of fused-ring (bicyclic) bond motifs is 7. The number of para-hydroxylation sites is 3. The fraction of sp³-hybridized carbons (Fsp3) is 0.0385. The fourth-order valence-corrected chi connectivity index (χ4v) is 8.35. The Morgan fingerprint density at radius 2 is 1.13 bits per heavy atom. The van der Waals surface area contributed by atoms with Gasteiger partial charge in [-0.2, -0.15) is 0 Å². The average molecular weight is 707 g/mol. The number of allylic oxidation sites excluding steroid dienone is 3. The molecule has 0 atom stereocenters. The van der Waals surface area contributed by atoms with Crippen LogP contribution in [0.3, 0.4) is 0 Å². The van der Waals surface area contributed by atoms with Crippen molar-refractivity contribution in [2.75, 3.05) is 4.90 Å². The number of furan rings is 1. The Labute approximate surface area is 320 Å². The summed E-state index contributed by atoms with van der Waals surface area (Å²) in [6.07, 6.45) is 2.15. The summed E-state index contributed by atoms with van der Waals surface area (Å²) >= 11 is 0. The molecule has 3 heteroatoms. The molecule has 0 saturated carbocycles. The van der Waals surface area contributed by atoms with Gasteiger partial charge >= 0.3 is 0 Å². The highest BCUT2D eigenvalue weighted by Gasteiger charge is 2.18. The summed E-state index contributed by atoms with van der Waals surface area (Å²) in [6.45, 7) is 8.33. The second-order valence-electron chi connectivity index (χ2n) is 14.4. The first-order valence-electron chi connectivity index (χ1n) is 18.8. The van der Waals surface area contributed by atoms with Gasteiger partial charge in [-0.05, 0) is 96.6 Å². The molecule has 3 nitrogen and oxygen atoms in total. The van der Waals surface area contributed by atoms with Crippen LogP contribution in [0.5, 0.6) is 0 Å². The van der Waals surface area contributed by atoms with E-state index in [1.165, 1.54) is 43.7 Å². The molecule has 0 aliphatic carbocycles. The number of anilines is 3. The molecule has 0 amide bonds. The summed E-state index contributed by atoms with van der Waals surface area (Å²) in [7, 11) is 0. The number of hydrogen-bond acceptors (Lipinski definition) is 2. The van der Waals surface area contributed by atoms with E-state index in [-0.39, 0.29) is 0 Å². The summed E-state index contributed by atoms with van der Waals surface area (Å²) < 4.78 is 8.75. The minimum Gasteiger partial charge on any atom is -0.455 e. The molecule has 0 aliphatic heterocycles. The van der Waals surface area contributed by atoms with Crippen molar-refractivity contribution in [2.45, 2.75) is 13.8 Å². The molecule has 10 rings (SSSR count). The van der Waals surface area contributed by atoms with Gasteiger partial charge in [-0.3, -0.25) is 0 Å². The third-order valence-corrected chi connectivity index (χ3v) is 10.8. The second kappa shape index (κ2) is 13.1. The second-order valence-corrected chi connectivity index (χ2v) is 14.4. The van der Waals surface area contributed by atoms with Crippen LogP contribution in [-0.2, 0) is 0 Å². The van der Waals surface area contributed by atoms with Crippen molar-refractivity contribution in [3.8, 4) is 22.3 Å². The molecular weight excluding hydrogens is 669 g/mol. The van der Waals surface area contributed by atoms with Gasteiger partial charge in [0.2, 0.25) is 0 Å². The summed E-state index contributed by atoms with van der Waals surface area (Å²) in [6, 6.07) is 63.2. The van der Waals surface area contributed by atoms with E-state index < -0.39 is 0 Å². The average Bonchev–Trinajstić information content (AvgIpc) is 3.77. The quantitative estimate of drug-likeness (QED) is 0.154. The zero-order chi connectivity index (χ0) is 37.0. The summed E-state index contributed by atoms with van der Waals surface area (Å²) in [4.78, 5) is 2.37. The van der Waals surface area contributed by atoms with Crippen LogP contribution in [0.4, 0.5) is 17.1 Å². The molecular formula is C52H38N2O. The SMILES string of the molecule is C=C(C)/C=C(\C)n1c2ccccc2c2cc(-c3ccc(N(c4ccc(-c5cccc6c5oc5ccccc56)cc4)c4cccc5ccccc45)cc3)ccc21. The smallest absolute Gasteiger partial charge is 0.143 e. The van der Waals surface area contributed by atoms with Crippen molar-refractivity contribution in [2.24, 2.45) is 0 Å². The van der Waals surface area contributed by atoms with E-state index in [0.29, 0.717) is 0 Å². The van der Waals surface area contributed by atoms with Crippen LogP contribution in [0.1, 0.15) is 13.8 Å². The Morgan fingerprint density at radius 1 is 0.527 bits per heavy atom. The predicted octanol–water partition coefficient (Wildman–Crippen LogP) is 15.1. The van der Waals surface area contributed by atoms with Crippen molar-refractivity contribution in [3.05, 3.63) is 194 Å². The molecule has 0 N–H and O–H groups in total. The van der Waals surface area contributed by atoms with Gasteiger partial charge in [0.05, 0.1) is 16.7 Å². The largest absolute Gasteiger partial charge is 0.455 e. The molecule has 10 aromatic rings. The maximum atomic E-state index is 6.40. The third-order valence-electron chi connectivity index (χ3n) is 10.8. The maximum absolute atomic E-state index is 6.40. The van der Waals surface area contributed by atoms with Crippen molar-refractivity contribution in [1.29, 1.82) is 0 Å². The first-order valence-corrected chi connectivity index (χ1v) is 18.8. The number of rotatable bonds is 7. The molecule has 8 aromatic carbocycles. The monoisotopic (exact) mass is 706 g/mol. The van der Waals surface area contributed by atoms with Crippen molar-refractivity contribution >= 4 is 77.3 Å². The van der Waals surface area contributed by atoms with Crippen LogP contribution in [0.15, 0.2) is 199 Å². The van der Waals surface area contributed by atoms with E-state index in [1.54, 1.807) is 0 Å². The lowest BCUT2D eigenvalue weighted by Gasteiger charge is -2.27. The van der Waals surface area contributed by atoms with Gasteiger partial charge in [0.15, 0.2) is 0 Å². The molecule has 0 bridgehead atoms. The highest BCUT2D eigenvalue weighted by Crippen LogP contribution is 2.42. The molecule has 0 aliphatic rings. The van der Waals surface area contributed by atoms with Gasteiger partial charge in [-0.1, -0.05) is 133 Å². The molecule has 0 spiro atoms. The van der Waals surface area contributed by atoms with Crippen LogP contribution >= 0.6 is 0 Å². The van der Waals surface area contributed by atoms with Gasteiger partial charge in [-0.25, -0.2) is 0 Å². The molecule has 55 heavy (non-hydrogen) atoms. The Balaban J connectivity index is 1.06. The lowest BCUT2D eigenvalue weighted by molar-refractivity contribution is 0.670. The van der Waals surface area contributed by atoms with Gasteiger partial charge in [0.1, 0.15) is 11.2 Å². The van der Waals surface area contributed by atoms with Gasteiger partial charge < -0.3 is 13.9 Å². The Bertz CT molecular complexity index is 3120. The highest BCUT2D eigenvalue weighted by atomic mass is 16.3. The van der Waals surface area contributed by atoms with Crippen LogP contribution in [0.25, 0.3) is 82.5 Å². The van der Waals surface area contributed by atoms with E-state index in [9.17, 15) is 0 Å². The number of hydrogen-bond donors (Lipinski definition) is 0.